The van der Waals surface area contributed by atoms with Crippen molar-refractivity contribution in [3.63, 3.8) is 0 Å². The van der Waals surface area contributed by atoms with Crippen molar-refractivity contribution in [2.45, 2.75) is 31.3 Å². The zero-order valence-corrected chi connectivity index (χ0v) is 18.6. The number of nitrogens with one attached hydrogen (secondary N) is 1. The number of nitrogens with zero attached hydrogens (tertiary/aromatic N) is 3. The van der Waals surface area contributed by atoms with Gasteiger partial charge in [-0.2, -0.15) is 0 Å². The lowest BCUT2D eigenvalue weighted by atomic mass is 9.90. The monoisotopic (exact) mass is 432 g/mol. The lowest BCUT2D eigenvalue weighted by molar-refractivity contribution is -0.113. The van der Waals surface area contributed by atoms with Gasteiger partial charge in [0.05, 0.1) is 5.75 Å². The van der Waals surface area contributed by atoms with E-state index in [1.807, 2.05) is 37.3 Å². The molecule has 1 aliphatic rings. The van der Waals surface area contributed by atoms with Crippen molar-refractivity contribution < 1.29 is 4.79 Å². The molecule has 1 amide bonds. The Morgan fingerprint density at radius 3 is 2.55 bits per heavy atom. The van der Waals surface area contributed by atoms with Gasteiger partial charge in [0.2, 0.25) is 5.91 Å². The first kappa shape index (κ1) is 21.4. The van der Waals surface area contributed by atoms with Crippen LogP contribution in [0.25, 0.3) is 0 Å². The van der Waals surface area contributed by atoms with Gasteiger partial charge in [-0.3, -0.25) is 4.79 Å². The molecule has 3 aromatic rings. The summed E-state index contributed by atoms with van der Waals surface area (Å²) >= 11 is 1.37. The Labute approximate surface area is 188 Å². The van der Waals surface area contributed by atoms with Crippen LogP contribution < -0.4 is 10.2 Å². The van der Waals surface area contributed by atoms with Crippen LogP contribution in [0.3, 0.4) is 0 Å². The fourth-order valence-electron chi connectivity index (χ4n) is 3.86. The topological polar surface area (TPSA) is 58.1 Å². The third-order valence-electron chi connectivity index (χ3n) is 5.59. The van der Waals surface area contributed by atoms with Crippen LogP contribution in [0.15, 0.2) is 72.0 Å². The molecule has 1 N–H and O–H groups in total. The summed E-state index contributed by atoms with van der Waals surface area (Å²) in [5.41, 5.74) is 3.40. The van der Waals surface area contributed by atoms with Crippen molar-refractivity contribution in [2.75, 3.05) is 29.1 Å². The number of amides is 1. The van der Waals surface area contributed by atoms with Crippen LogP contribution in [-0.2, 0) is 11.2 Å². The number of carbonyl (C=O) groups is 1. The van der Waals surface area contributed by atoms with Crippen LogP contribution in [0.4, 0.5) is 11.5 Å². The van der Waals surface area contributed by atoms with E-state index < -0.39 is 0 Å². The van der Waals surface area contributed by atoms with E-state index in [0.717, 1.165) is 36.9 Å². The van der Waals surface area contributed by atoms with Crippen LogP contribution in [0.5, 0.6) is 0 Å². The minimum absolute atomic E-state index is 0.0513. The van der Waals surface area contributed by atoms with Crippen molar-refractivity contribution in [1.82, 2.24) is 9.97 Å². The number of aromatic nitrogens is 2. The van der Waals surface area contributed by atoms with Gasteiger partial charge in [0.15, 0.2) is 5.16 Å². The van der Waals surface area contributed by atoms with Gasteiger partial charge in [0.25, 0.3) is 0 Å². The predicted octanol–water partition coefficient (Wildman–Crippen LogP) is 4.97. The molecule has 0 unspecified atom stereocenters. The maximum Gasteiger partial charge on any atom is 0.234 e. The third kappa shape index (κ3) is 6.31. The molecule has 0 spiro atoms. The van der Waals surface area contributed by atoms with Gasteiger partial charge >= 0.3 is 0 Å². The molecule has 2 heterocycles. The van der Waals surface area contributed by atoms with Gasteiger partial charge in [0, 0.05) is 25.0 Å². The molecule has 0 aliphatic carbocycles. The van der Waals surface area contributed by atoms with E-state index in [2.05, 4.69) is 45.5 Å². The van der Waals surface area contributed by atoms with Gasteiger partial charge in [-0.1, -0.05) is 59.8 Å². The van der Waals surface area contributed by atoms with Gasteiger partial charge < -0.3 is 10.2 Å². The summed E-state index contributed by atoms with van der Waals surface area (Å²) in [5.74, 6) is 1.91. The van der Waals surface area contributed by atoms with Crippen molar-refractivity contribution in [2.24, 2.45) is 5.92 Å². The van der Waals surface area contributed by atoms with E-state index in [1.54, 1.807) is 6.20 Å². The number of hydrogen-bond acceptors (Lipinski definition) is 5. The molecular weight excluding hydrogens is 404 g/mol. The number of benzene rings is 2. The first-order valence-corrected chi connectivity index (χ1v) is 11.8. The van der Waals surface area contributed by atoms with E-state index >= 15 is 0 Å². The Hall–Kier alpha value is -2.86. The van der Waals surface area contributed by atoms with Gasteiger partial charge in [-0.05, 0) is 55.9 Å². The van der Waals surface area contributed by atoms with Crippen LogP contribution in [-0.4, -0.2) is 34.7 Å². The average molecular weight is 433 g/mol. The Balaban J connectivity index is 1.26. The second kappa shape index (κ2) is 10.4. The number of piperidine rings is 1. The molecule has 0 saturated carbocycles. The maximum atomic E-state index is 12.2. The van der Waals surface area contributed by atoms with Crippen LogP contribution in [0, 0.1) is 12.8 Å². The van der Waals surface area contributed by atoms with Crippen molar-refractivity contribution in [3.8, 4) is 0 Å². The largest absolute Gasteiger partial charge is 0.356 e. The molecule has 1 fully saturated rings. The fraction of sp³-hybridized carbons (Fsp3) is 0.320. The lowest BCUT2D eigenvalue weighted by Crippen LogP contribution is -2.35. The number of aryl methyl sites for hydroxylation is 1. The minimum atomic E-state index is -0.0513. The molecule has 31 heavy (non-hydrogen) atoms. The zero-order chi connectivity index (χ0) is 21.5. The summed E-state index contributed by atoms with van der Waals surface area (Å²) in [4.78, 5) is 23.6. The normalized spacial score (nSPS) is 14.4. The van der Waals surface area contributed by atoms with Crippen molar-refractivity contribution >= 4 is 29.2 Å². The molecule has 160 valence electrons. The Kier molecular flexibility index (Phi) is 7.20. The Morgan fingerprint density at radius 2 is 1.81 bits per heavy atom. The molecule has 4 rings (SSSR count). The molecular formula is C25H28N4OS. The van der Waals surface area contributed by atoms with Gasteiger partial charge in [-0.25, -0.2) is 9.97 Å². The summed E-state index contributed by atoms with van der Waals surface area (Å²) < 4.78 is 0. The van der Waals surface area contributed by atoms with E-state index in [9.17, 15) is 4.79 Å². The first-order valence-electron chi connectivity index (χ1n) is 10.8. The second-order valence-electron chi connectivity index (χ2n) is 8.02. The molecule has 1 saturated heterocycles. The summed E-state index contributed by atoms with van der Waals surface area (Å²) in [7, 11) is 0. The summed E-state index contributed by atoms with van der Waals surface area (Å²) in [6, 6.07) is 20.5. The van der Waals surface area contributed by atoms with Crippen molar-refractivity contribution in [1.29, 1.82) is 0 Å². The highest BCUT2D eigenvalue weighted by Crippen LogP contribution is 2.26. The van der Waals surface area contributed by atoms with E-state index in [1.165, 1.54) is 35.7 Å². The Morgan fingerprint density at radius 1 is 1.06 bits per heavy atom. The molecule has 1 aliphatic heterocycles. The minimum Gasteiger partial charge on any atom is -0.356 e. The molecule has 0 atom stereocenters. The Bertz CT molecular complexity index is 986. The maximum absolute atomic E-state index is 12.2. The van der Waals surface area contributed by atoms with Gasteiger partial charge in [0.1, 0.15) is 5.82 Å². The molecule has 0 bridgehead atoms. The highest BCUT2D eigenvalue weighted by Gasteiger charge is 2.21. The zero-order valence-electron chi connectivity index (χ0n) is 17.8. The third-order valence-corrected chi connectivity index (χ3v) is 6.45. The summed E-state index contributed by atoms with van der Waals surface area (Å²) in [6.07, 6.45) is 5.27. The van der Waals surface area contributed by atoms with E-state index in [4.69, 9.17) is 4.98 Å². The molecule has 6 heteroatoms. The predicted molar refractivity (Wildman–Crippen MR) is 128 cm³/mol. The smallest absolute Gasteiger partial charge is 0.234 e. The molecule has 5 nitrogen and oxygen atoms in total. The molecule has 2 aromatic carbocycles. The molecule has 0 radical (unpaired) electrons. The van der Waals surface area contributed by atoms with Gasteiger partial charge in [-0.15, -0.1) is 0 Å². The lowest BCUT2D eigenvalue weighted by Gasteiger charge is -2.33. The van der Waals surface area contributed by atoms with E-state index in [0.29, 0.717) is 5.16 Å². The summed E-state index contributed by atoms with van der Waals surface area (Å²) in [5, 5.41) is 3.56. The first-order chi connectivity index (χ1) is 15.2. The second-order valence-corrected chi connectivity index (χ2v) is 8.96. The number of rotatable bonds is 7. The summed E-state index contributed by atoms with van der Waals surface area (Å²) in [6.45, 7) is 4.04. The highest BCUT2D eigenvalue weighted by molar-refractivity contribution is 7.99. The van der Waals surface area contributed by atoms with Crippen LogP contribution >= 0.6 is 11.8 Å². The number of hydrogen-bond donors (Lipinski definition) is 1. The standard InChI is InChI=1S/C25H28N4OS/c1-19-7-9-22(10-8-19)27-24(30)18-31-25-26-14-11-23(28-25)29-15-12-21(13-16-29)17-20-5-3-2-4-6-20/h2-11,14,21H,12-13,15-18H2,1H3,(H,27,30). The highest BCUT2D eigenvalue weighted by atomic mass is 32.2. The quantitative estimate of drug-likeness (QED) is 0.422. The van der Waals surface area contributed by atoms with E-state index in [-0.39, 0.29) is 11.7 Å². The van der Waals surface area contributed by atoms with Crippen molar-refractivity contribution in [3.05, 3.63) is 78.0 Å². The average Bonchev–Trinajstić information content (AvgIpc) is 2.81. The fourth-order valence-corrected chi connectivity index (χ4v) is 4.48. The number of thioether (sulfide) groups is 1. The van der Waals surface area contributed by atoms with Crippen LogP contribution in [0.1, 0.15) is 24.0 Å². The number of carbonyl (C=O) groups excluding carboxylic acids is 1. The van der Waals surface area contributed by atoms with Crippen LogP contribution in [0.2, 0.25) is 0 Å². The molecule has 1 aromatic heterocycles. The number of anilines is 2. The SMILES string of the molecule is Cc1ccc(NC(=O)CSc2nccc(N3CCC(Cc4ccccc4)CC3)n2)cc1.